The van der Waals surface area contributed by atoms with Crippen molar-refractivity contribution in [2.24, 2.45) is 0 Å². The van der Waals surface area contributed by atoms with Crippen molar-refractivity contribution >= 4 is 5.97 Å². The highest BCUT2D eigenvalue weighted by Crippen LogP contribution is 2.17. The third-order valence-electron chi connectivity index (χ3n) is 1.71. The van der Waals surface area contributed by atoms with Crippen LogP contribution in [0.4, 0.5) is 0 Å². The SMILES string of the molecule is COc1nc(C(C)C)ncc1C(=O)O. The second-order valence-electron chi connectivity index (χ2n) is 3.11. The molecular weight excluding hydrogens is 184 g/mol. The van der Waals surface area contributed by atoms with Crippen molar-refractivity contribution in [2.75, 3.05) is 7.11 Å². The van der Waals surface area contributed by atoms with Crippen molar-refractivity contribution in [1.29, 1.82) is 0 Å². The minimum atomic E-state index is -1.09. The van der Waals surface area contributed by atoms with Crippen LogP contribution in [0.3, 0.4) is 0 Å². The lowest BCUT2D eigenvalue weighted by molar-refractivity contribution is 0.0691. The second-order valence-corrected chi connectivity index (χ2v) is 3.11. The van der Waals surface area contributed by atoms with Crippen LogP contribution < -0.4 is 4.74 Å². The highest BCUT2D eigenvalue weighted by molar-refractivity contribution is 5.89. The van der Waals surface area contributed by atoms with Gasteiger partial charge in [0, 0.05) is 12.1 Å². The van der Waals surface area contributed by atoms with Crippen LogP contribution in [0.15, 0.2) is 6.20 Å². The predicted molar refractivity (Wildman–Crippen MR) is 49.6 cm³/mol. The average Bonchev–Trinajstić information content (AvgIpc) is 2.16. The summed E-state index contributed by atoms with van der Waals surface area (Å²) < 4.78 is 4.87. The Kier molecular flexibility index (Phi) is 3.01. The number of hydrogen-bond acceptors (Lipinski definition) is 4. The molecule has 0 radical (unpaired) electrons. The van der Waals surface area contributed by atoms with Crippen molar-refractivity contribution in [1.82, 2.24) is 9.97 Å². The quantitative estimate of drug-likeness (QED) is 0.788. The van der Waals surface area contributed by atoms with Crippen LogP contribution in [-0.4, -0.2) is 28.2 Å². The van der Waals surface area contributed by atoms with Crippen LogP contribution in [0.25, 0.3) is 0 Å². The lowest BCUT2D eigenvalue weighted by Crippen LogP contribution is -2.07. The average molecular weight is 196 g/mol. The van der Waals surface area contributed by atoms with Gasteiger partial charge in [-0.15, -0.1) is 0 Å². The summed E-state index contributed by atoms with van der Waals surface area (Å²) in [5.74, 6) is -0.257. The van der Waals surface area contributed by atoms with Crippen molar-refractivity contribution in [3.63, 3.8) is 0 Å². The fourth-order valence-electron chi connectivity index (χ4n) is 0.960. The number of methoxy groups -OCH3 is 1. The van der Waals surface area contributed by atoms with Crippen LogP contribution >= 0.6 is 0 Å². The summed E-state index contributed by atoms with van der Waals surface area (Å²) >= 11 is 0. The first kappa shape index (κ1) is 10.4. The number of nitrogens with zero attached hydrogens (tertiary/aromatic N) is 2. The van der Waals surface area contributed by atoms with Crippen LogP contribution in [0.5, 0.6) is 5.88 Å². The van der Waals surface area contributed by atoms with Crippen LogP contribution in [0.1, 0.15) is 35.9 Å². The summed E-state index contributed by atoms with van der Waals surface area (Å²) in [5, 5.41) is 8.77. The molecule has 14 heavy (non-hydrogen) atoms. The molecule has 1 N–H and O–H groups in total. The highest BCUT2D eigenvalue weighted by Gasteiger charge is 2.15. The van der Waals surface area contributed by atoms with E-state index in [0.717, 1.165) is 0 Å². The molecule has 0 fully saturated rings. The van der Waals surface area contributed by atoms with Gasteiger partial charge in [-0.3, -0.25) is 0 Å². The largest absolute Gasteiger partial charge is 0.480 e. The minimum Gasteiger partial charge on any atom is -0.480 e. The number of rotatable bonds is 3. The minimum absolute atomic E-state index is 0.0168. The molecule has 0 atom stereocenters. The third-order valence-corrected chi connectivity index (χ3v) is 1.71. The maximum Gasteiger partial charge on any atom is 0.342 e. The first-order valence-corrected chi connectivity index (χ1v) is 4.20. The van der Waals surface area contributed by atoms with Gasteiger partial charge in [0.05, 0.1) is 7.11 Å². The summed E-state index contributed by atoms with van der Waals surface area (Å²) in [6.45, 7) is 3.85. The molecule has 0 saturated carbocycles. The molecule has 0 aliphatic rings. The molecule has 0 bridgehead atoms. The van der Waals surface area contributed by atoms with E-state index in [1.165, 1.54) is 13.3 Å². The third kappa shape index (κ3) is 1.99. The maximum absolute atomic E-state index is 10.7. The van der Waals surface area contributed by atoms with E-state index in [-0.39, 0.29) is 17.4 Å². The van der Waals surface area contributed by atoms with E-state index < -0.39 is 5.97 Å². The topological polar surface area (TPSA) is 72.3 Å². The van der Waals surface area contributed by atoms with Crippen molar-refractivity contribution in [2.45, 2.75) is 19.8 Å². The maximum atomic E-state index is 10.7. The van der Waals surface area contributed by atoms with E-state index >= 15 is 0 Å². The number of aromatic nitrogens is 2. The molecule has 0 spiro atoms. The molecule has 1 heterocycles. The predicted octanol–water partition coefficient (Wildman–Crippen LogP) is 1.31. The normalized spacial score (nSPS) is 10.3. The van der Waals surface area contributed by atoms with Crippen LogP contribution in [-0.2, 0) is 0 Å². The number of carboxylic acids is 1. The van der Waals surface area contributed by atoms with E-state index in [1.54, 1.807) is 0 Å². The number of aromatic carboxylic acids is 1. The van der Waals surface area contributed by atoms with E-state index in [1.807, 2.05) is 13.8 Å². The van der Waals surface area contributed by atoms with Gasteiger partial charge in [0.25, 0.3) is 0 Å². The number of carboxylic acid groups (broad SMARTS) is 1. The van der Waals surface area contributed by atoms with Crippen molar-refractivity contribution < 1.29 is 14.6 Å². The fraction of sp³-hybridized carbons (Fsp3) is 0.444. The summed E-state index contributed by atoms with van der Waals surface area (Å²) in [6, 6.07) is 0. The summed E-state index contributed by atoms with van der Waals surface area (Å²) in [7, 11) is 1.39. The first-order valence-electron chi connectivity index (χ1n) is 4.20. The van der Waals surface area contributed by atoms with Gasteiger partial charge in [-0.1, -0.05) is 13.8 Å². The summed E-state index contributed by atoms with van der Waals surface area (Å²) in [6.07, 6.45) is 1.27. The molecule has 0 saturated heterocycles. The second kappa shape index (κ2) is 4.04. The number of hydrogen-bond donors (Lipinski definition) is 1. The molecule has 1 rings (SSSR count). The zero-order valence-corrected chi connectivity index (χ0v) is 8.31. The van der Waals surface area contributed by atoms with Gasteiger partial charge < -0.3 is 9.84 Å². The Labute approximate surface area is 81.8 Å². The number of ether oxygens (including phenoxy) is 1. The lowest BCUT2D eigenvalue weighted by Gasteiger charge is -2.07. The Morgan fingerprint density at radius 2 is 2.21 bits per heavy atom. The molecule has 76 valence electrons. The van der Waals surface area contributed by atoms with E-state index in [0.29, 0.717) is 5.82 Å². The van der Waals surface area contributed by atoms with Gasteiger partial charge in [-0.05, 0) is 0 Å². The molecule has 5 nitrogen and oxygen atoms in total. The monoisotopic (exact) mass is 196 g/mol. The smallest absolute Gasteiger partial charge is 0.342 e. The van der Waals surface area contributed by atoms with Crippen molar-refractivity contribution in [3.05, 3.63) is 17.6 Å². The molecular formula is C9H12N2O3. The zero-order chi connectivity index (χ0) is 10.7. The van der Waals surface area contributed by atoms with Gasteiger partial charge in [-0.2, -0.15) is 4.98 Å². The molecule has 0 aliphatic heterocycles. The Balaban J connectivity index is 3.18. The van der Waals surface area contributed by atoms with Crippen molar-refractivity contribution in [3.8, 4) is 5.88 Å². The molecule has 0 amide bonds. The Morgan fingerprint density at radius 1 is 1.57 bits per heavy atom. The number of carbonyl (C=O) groups is 1. The fourth-order valence-corrected chi connectivity index (χ4v) is 0.960. The van der Waals surface area contributed by atoms with Crippen LogP contribution in [0, 0.1) is 0 Å². The Morgan fingerprint density at radius 3 is 2.64 bits per heavy atom. The lowest BCUT2D eigenvalue weighted by atomic mass is 10.2. The van der Waals surface area contributed by atoms with Gasteiger partial charge in [-0.25, -0.2) is 9.78 Å². The zero-order valence-electron chi connectivity index (χ0n) is 8.31. The van der Waals surface area contributed by atoms with Crippen LogP contribution in [0.2, 0.25) is 0 Å². The first-order chi connectivity index (χ1) is 6.56. The highest BCUT2D eigenvalue weighted by atomic mass is 16.5. The van der Waals surface area contributed by atoms with E-state index in [4.69, 9.17) is 9.84 Å². The standard InChI is InChI=1S/C9H12N2O3/c1-5(2)7-10-4-6(9(12)13)8(11-7)14-3/h4-5H,1-3H3,(H,12,13). The summed E-state index contributed by atoms with van der Waals surface area (Å²) in [4.78, 5) is 18.6. The van der Waals surface area contributed by atoms with E-state index in [2.05, 4.69) is 9.97 Å². The Bertz CT molecular complexity index is 350. The van der Waals surface area contributed by atoms with Gasteiger partial charge in [0.15, 0.2) is 0 Å². The molecule has 1 aromatic heterocycles. The Hall–Kier alpha value is -1.65. The molecule has 0 aromatic carbocycles. The molecule has 5 heteroatoms. The molecule has 0 unspecified atom stereocenters. The van der Waals surface area contributed by atoms with Gasteiger partial charge in [0.2, 0.25) is 5.88 Å². The molecule has 1 aromatic rings. The van der Waals surface area contributed by atoms with Gasteiger partial charge >= 0.3 is 5.97 Å². The van der Waals surface area contributed by atoms with Gasteiger partial charge in [0.1, 0.15) is 11.4 Å². The summed E-state index contributed by atoms with van der Waals surface area (Å²) in [5.41, 5.74) is -0.0168. The molecule has 0 aliphatic carbocycles. The van der Waals surface area contributed by atoms with E-state index in [9.17, 15) is 4.79 Å².